The minimum atomic E-state index is -4.15. The molecule has 0 spiro atoms. The van der Waals surface area contributed by atoms with Gasteiger partial charge in [0.15, 0.2) is 0 Å². The molecule has 6 fully saturated rings. The van der Waals surface area contributed by atoms with Gasteiger partial charge in [-0.25, -0.2) is 42.1 Å². The first kappa shape index (κ1) is 112. The second-order valence-corrected chi connectivity index (χ2v) is 48.9. The molecule has 10 aromatic carbocycles. The Hall–Kier alpha value is -10.1. The molecule has 4 N–H and O–H groups in total. The summed E-state index contributed by atoms with van der Waals surface area (Å²) in [5, 5.41) is 69.1. The smallest absolute Gasteiger partial charge is 0.271 e. The monoisotopic (exact) mass is 2210 g/mol. The Morgan fingerprint density at radius 1 is 0.315 bits per heavy atom. The number of hydrogen-bond donors (Lipinski definition) is 4. The van der Waals surface area contributed by atoms with Gasteiger partial charge in [-0.2, -0.15) is 21.5 Å². The first-order chi connectivity index (χ1) is 67.7. The predicted molar refractivity (Wildman–Crippen MR) is 547 cm³/mol. The summed E-state index contributed by atoms with van der Waals surface area (Å²) in [6, 6.07) is 46.6. The van der Waals surface area contributed by atoms with Gasteiger partial charge in [0.25, 0.3) is 28.4 Å². The number of amides is 2. The number of ether oxygens (including phenoxy) is 1. The molecular formula is C92H99Cl4N15O23S9. The third-order valence-electron chi connectivity index (χ3n) is 23.2. The van der Waals surface area contributed by atoms with Crippen LogP contribution in [0, 0.1) is 92.1 Å². The van der Waals surface area contributed by atoms with E-state index in [0.717, 1.165) is 99.6 Å². The Kier molecular flexibility index (Phi) is 38.6. The number of non-ortho nitro benzene ring substituents is 5. The number of carbonyl (C=O) groups is 2. The van der Waals surface area contributed by atoms with Crippen molar-refractivity contribution in [2.24, 2.45) is 0 Å². The Balaban J connectivity index is 0.000000160. The Labute approximate surface area is 864 Å². The van der Waals surface area contributed by atoms with Crippen LogP contribution in [0.1, 0.15) is 65.5 Å². The molecule has 0 atom stereocenters. The third-order valence-corrected chi connectivity index (χ3v) is 39.4. The van der Waals surface area contributed by atoms with Crippen molar-refractivity contribution in [1.29, 1.82) is 0 Å². The molecule has 143 heavy (non-hydrogen) atoms. The highest BCUT2D eigenvalue weighted by Crippen LogP contribution is 2.46. The van der Waals surface area contributed by atoms with Gasteiger partial charge in [0, 0.05) is 221 Å². The summed E-state index contributed by atoms with van der Waals surface area (Å²) in [5.74, 6) is -0.206. The first-order valence-electron chi connectivity index (χ1n) is 44.3. The van der Waals surface area contributed by atoms with Crippen LogP contribution in [0.2, 0.25) is 20.1 Å². The minimum Gasteiger partial charge on any atom is -0.456 e. The van der Waals surface area contributed by atoms with E-state index in [4.69, 9.17) is 51.1 Å². The van der Waals surface area contributed by atoms with Crippen LogP contribution < -0.4 is 26.0 Å². The number of carbonyl (C=O) groups excluding carboxylic acids is 2. The van der Waals surface area contributed by atoms with Gasteiger partial charge in [0.1, 0.15) is 36.0 Å². The van der Waals surface area contributed by atoms with Crippen LogP contribution >= 0.6 is 93.5 Å². The molecule has 0 aromatic heterocycles. The number of nitrogens with one attached hydrogen (secondary N) is 4. The van der Waals surface area contributed by atoms with Crippen LogP contribution in [-0.2, 0) is 59.7 Å². The van der Waals surface area contributed by atoms with E-state index < -0.39 is 86.5 Å². The number of nitro benzene ring substituents is 5. The van der Waals surface area contributed by atoms with Crippen LogP contribution in [0.15, 0.2) is 246 Å². The number of nitro groups is 5. The fourth-order valence-electron chi connectivity index (χ4n) is 15.5. The van der Waals surface area contributed by atoms with Gasteiger partial charge >= 0.3 is 0 Å². The van der Waals surface area contributed by atoms with Gasteiger partial charge in [0.2, 0.25) is 61.9 Å². The highest BCUT2D eigenvalue weighted by atomic mass is 35.5. The largest absolute Gasteiger partial charge is 0.456 e. The van der Waals surface area contributed by atoms with Crippen LogP contribution in [0.3, 0.4) is 0 Å². The summed E-state index contributed by atoms with van der Waals surface area (Å²) in [5.41, 5.74) is 4.42. The van der Waals surface area contributed by atoms with Crippen molar-refractivity contribution >= 4 is 184 Å². The molecule has 5 aliphatic heterocycles. The van der Waals surface area contributed by atoms with E-state index in [9.17, 15) is 102 Å². The van der Waals surface area contributed by atoms with Gasteiger partial charge in [-0.15, -0.1) is 0 Å². The van der Waals surface area contributed by atoms with Crippen molar-refractivity contribution < 1.29 is 81.0 Å². The van der Waals surface area contributed by atoms with E-state index in [0.29, 0.717) is 135 Å². The number of nitrogens with zero attached hydrogens (tertiary/aromatic N) is 11. The van der Waals surface area contributed by atoms with Crippen molar-refractivity contribution in [3.8, 4) is 11.5 Å². The lowest BCUT2D eigenvalue weighted by molar-refractivity contribution is -0.385. The number of hydrogen-bond acceptors (Lipinski definition) is 30. The lowest BCUT2D eigenvalue weighted by Gasteiger charge is -2.40. The average molecular weight is 2210 g/mol. The van der Waals surface area contributed by atoms with Crippen molar-refractivity contribution in [3.63, 3.8) is 0 Å². The second kappa shape index (κ2) is 49.4. The molecule has 5 heterocycles. The zero-order chi connectivity index (χ0) is 104. The standard InChI is InChI=1S/C24H31N3O5S.C18H19N3O5S2.C18H21N3O4S2.C16H13Cl2N3O5S2.C16H15Cl2N3O4S2/c1-18-8-9-19(2)23(16-18)32-22-11-10-21(27(28)29)17-24(22)33(30,31)26-14-12-25(13-15-26)20-6-4-3-5-7-20;1-12-3-4-13(2)16(9-12)27-15-6-5-14(21(23)24)10-17(15)28(25,26)20-8-7-19-18(22)11-20;1-13-3-4-14(2)17(11-13)26-16-6-5-15(21(22)23)12-18(16)27(24,25)20-9-7-19-8-10-20;17-10-1-3-12(18)14(7-10)27-13-4-2-11(21(23)24)8-15(13)28(25,26)20-6-5-19-16(22)9-20;17-11-1-3-13(18)15(9-11)26-14-4-2-12(21(22)23)10-16(14)27(24,25)20-7-5-19-6-8-20/h8-11,16-17,20H,3-7,12-15H2,1-2H3;3-6,9-10H,7-8,11H2,1-2H3,(H,19,22);3-6,11-12,19H,7-10H2,1-2H3;1-4,7-8H,5-6,9H2,(H,19,22);1-4,9-10,19H,5-8H2. The van der Waals surface area contributed by atoms with Gasteiger partial charge < -0.3 is 26.0 Å². The second-order valence-electron chi connectivity index (χ2n) is 33.3. The van der Waals surface area contributed by atoms with Crippen LogP contribution in [0.5, 0.6) is 11.5 Å². The van der Waals surface area contributed by atoms with Gasteiger partial charge in [-0.05, 0) is 173 Å². The number of benzene rings is 10. The normalized spacial score (nSPS) is 16.2. The summed E-state index contributed by atoms with van der Waals surface area (Å²) >= 11 is 29.0. The molecule has 0 unspecified atom stereocenters. The molecular weight excluding hydrogens is 2110 g/mol. The molecule has 51 heteroatoms. The molecule has 0 radical (unpaired) electrons. The van der Waals surface area contributed by atoms with E-state index >= 15 is 0 Å². The molecule has 0 bridgehead atoms. The first-order valence-corrected chi connectivity index (χ1v) is 56.3. The quantitative estimate of drug-likeness (QED) is 0.0289. The lowest BCUT2D eigenvalue weighted by atomic mass is 9.94. The summed E-state index contributed by atoms with van der Waals surface area (Å²) in [6.07, 6.45) is 6.09. The molecule has 6 aliphatic rings. The average Bonchev–Trinajstić information content (AvgIpc) is 0.797. The molecule has 2 amide bonds. The maximum Gasteiger partial charge on any atom is 0.271 e. The third kappa shape index (κ3) is 28.8. The van der Waals surface area contributed by atoms with Crippen molar-refractivity contribution in [1.82, 2.24) is 47.7 Å². The van der Waals surface area contributed by atoms with Crippen LogP contribution in [0.25, 0.3) is 0 Å². The molecule has 10 aromatic rings. The van der Waals surface area contributed by atoms with E-state index in [1.54, 1.807) is 36.4 Å². The summed E-state index contributed by atoms with van der Waals surface area (Å²) in [7, 11) is -19.9. The maximum atomic E-state index is 13.6. The Morgan fingerprint density at radius 3 is 0.979 bits per heavy atom. The Morgan fingerprint density at radius 2 is 0.622 bits per heavy atom. The van der Waals surface area contributed by atoms with Crippen molar-refractivity contribution in [2.45, 2.75) is 143 Å². The fraction of sp³-hybridized carbons (Fsp3) is 0.326. The SMILES string of the molecule is Cc1ccc(C)c(Oc2ccc([N+](=O)[O-])cc2S(=O)(=O)N2CCN(C3CCCCC3)CC2)c1.Cc1ccc(C)c(Sc2ccc([N+](=O)[O-])cc2S(=O)(=O)N2CCNC(=O)C2)c1.Cc1ccc(C)c(Sc2ccc([N+](=O)[O-])cc2S(=O)(=O)N2CCNCC2)c1.O=C1CN(S(=O)(=O)c2cc([N+](=O)[O-])ccc2Sc2cc(Cl)ccc2Cl)CCN1.O=[N+]([O-])c1ccc(Sc2cc(Cl)ccc2Cl)c(S(=O)(=O)N2CCNCC2)c1. The molecule has 1 saturated carbocycles. The van der Waals surface area contributed by atoms with Gasteiger partial charge in [-0.1, -0.05) is 149 Å². The topological polar surface area (TPSA) is 497 Å². The molecule has 5 saturated heterocycles. The fourth-order valence-corrected chi connectivity index (χ4v) is 29.6. The van der Waals surface area contributed by atoms with Gasteiger partial charge in [-0.3, -0.25) is 65.1 Å². The number of rotatable bonds is 26. The zero-order valence-corrected chi connectivity index (χ0v) is 88.0. The summed E-state index contributed by atoms with van der Waals surface area (Å²) in [6.45, 7) is 17.0. The predicted octanol–water partition coefficient (Wildman–Crippen LogP) is 16.9. The minimum absolute atomic E-state index is 0.00972. The van der Waals surface area contributed by atoms with E-state index in [1.165, 1.54) is 135 Å². The molecule has 1 aliphatic carbocycles. The van der Waals surface area contributed by atoms with E-state index in [-0.39, 0.29) is 103 Å². The van der Waals surface area contributed by atoms with Gasteiger partial charge in [0.05, 0.1) is 47.8 Å². The number of aryl methyl sites for hydroxylation is 6. The van der Waals surface area contributed by atoms with Crippen LogP contribution in [-0.4, -0.2) is 229 Å². The summed E-state index contributed by atoms with van der Waals surface area (Å²) in [4.78, 5) is 82.3. The highest BCUT2D eigenvalue weighted by Gasteiger charge is 2.40. The van der Waals surface area contributed by atoms with Crippen molar-refractivity contribution in [3.05, 3.63) is 286 Å². The number of sulfonamides is 5. The maximum absolute atomic E-state index is 13.6. The number of halogens is 4. The highest BCUT2D eigenvalue weighted by molar-refractivity contribution is 8.01. The summed E-state index contributed by atoms with van der Waals surface area (Å²) < 4.78 is 145. The number of piperazine rings is 5. The van der Waals surface area contributed by atoms with Crippen LogP contribution in [0.4, 0.5) is 28.4 Å². The molecule has 38 nitrogen and oxygen atoms in total. The Bertz CT molecular complexity index is 6800. The molecule has 762 valence electrons. The molecule has 16 rings (SSSR count). The van der Waals surface area contributed by atoms with Crippen molar-refractivity contribution in [2.75, 3.05) is 118 Å². The lowest BCUT2D eigenvalue weighted by Crippen LogP contribution is -2.52. The van der Waals surface area contributed by atoms with E-state index in [1.807, 2.05) is 96.1 Å². The van der Waals surface area contributed by atoms with E-state index in [2.05, 4.69) is 26.2 Å². The zero-order valence-electron chi connectivity index (χ0n) is 77.7.